The van der Waals surface area contributed by atoms with E-state index in [4.69, 9.17) is 4.74 Å². The minimum atomic E-state index is -0.175. The second-order valence-corrected chi connectivity index (χ2v) is 5.11. The molecule has 104 valence electrons. The lowest BCUT2D eigenvalue weighted by Crippen LogP contribution is -2.13. The van der Waals surface area contributed by atoms with Gasteiger partial charge >= 0.3 is 0 Å². The number of pyridine rings is 1. The summed E-state index contributed by atoms with van der Waals surface area (Å²) in [5.41, 5.74) is 2.26. The van der Waals surface area contributed by atoms with Crippen LogP contribution < -0.4 is 10.1 Å². The van der Waals surface area contributed by atoms with Crippen LogP contribution in [0.15, 0.2) is 41.0 Å². The number of aryl methyl sites for hydroxylation is 1. The van der Waals surface area contributed by atoms with E-state index in [0.29, 0.717) is 23.7 Å². The van der Waals surface area contributed by atoms with Crippen LogP contribution in [0.3, 0.4) is 0 Å². The zero-order valence-electron chi connectivity index (χ0n) is 11.3. The number of hydrogen-bond donors (Lipinski definition) is 1. The number of carbonyl (C=O) groups excluding carboxylic acids is 1. The molecule has 0 saturated heterocycles. The van der Waals surface area contributed by atoms with Gasteiger partial charge < -0.3 is 10.1 Å². The predicted molar refractivity (Wildman–Crippen MR) is 82.2 cm³/mol. The molecule has 20 heavy (non-hydrogen) atoms. The number of nitrogens with zero attached hydrogens (tertiary/aromatic N) is 1. The second kappa shape index (κ2) is 6.52. The summed E-state index contributed by atoms with van der Waals surface area (Å²) in [4.78, 5) is 16.3. The van der Waals surface area contributed by atoms with Crippen molar-refractivity contribution in [2.75, 3.05) is 11.9 Å². The number of aromatic nitrogens is 1. The number of ether oxygens (including phenoxy) is 1. The Bertz CT molecular complexity index is 612. The summed E-state index contributed by atoms with van der Waals surface area (Å²) in [5, 5.41) is 2.81. The van der Waals surface area contributed by atoms with Gasteiger partial charge in [0.1, 0.15) is 0 Å². The molecule has 2 aromatic rings. The molecule has 0 unspecified atom stereocenters. The van der Waals surface area contributed by atoms with Crippen LogP contribution in [0.25, 0.3) is 0 Å². The summed E-state index contributed by atoms with van der Waals surface area (Å²) in [6, 6.07) is 9.13. The van der Waals surface area contributed by atoms with Gasteiger partial charge in [0.05, 0.1) is 24.1 Å². The summed E-state index contributed by atoms with van der Waals surface area (Å²) in [6.07, 6.45) is 1.58. The maximum Gasteiger partial charge on any atom is 0.256 e. The molecule has 0 aliphatic rings. The molecule has 0 spiro atoms. The number of carbonyl (C=O) groups is 1. The van der Waals surface area contributed by atoms with Crippen molar-refractivity contribution >= 4 is 27.5 Å². The van der Waals surface area contributed by atoms with Gasteiger partial charge in [-0.05, 0) is 48.0 Å². The first-order chi connectivity index (χ1) is 9.60. The Morgan fingerprint density at radius 3 is 2.80 bits per heavy atom. The molecule has 0 bridgehead atoms. The average molecular weight is 335 g/mol. The van der Waals surface area contributed by atoms with Crippen LogP contribution >= 0.6 is 15.9 Å². The number of halogens is 1. The van der Waals surface area contributed by atoms with Gasteiger partial charge in [0.15, 0.2) is 0 Å². The maximum atomic E-state index is 12.2. The molecule has 1 N–H and O–H groups in total. The van der Waals surface area contributed by atoms with Crippen molar-refractivity contribution in [2.24, 2.45) is 0 Å². The van der Waals surface area contributed by atoms with Gasteiger partial charge in [-0.2, -0.15) is 0 Å². The molecule has 1 amide bonds. The lowest BCUT2D eigenvalue weighted by atomic mass is 10.1. The molecular weight excluding hydrogens is 320 g/mol. The Labute approximate surface area is 126 Å². The van der Waals surface area contributed by atoms with E-state index >= 15 is 0 Å². The summed E-state index contributed by atoms with van der Waals surface area (Å²) < 4.78 is 6.02. The van der Waals surface area contributed by atoms with Gasteiger partial charge in [0.25, 0.3) is 5.91 Å². The number of rotatable bonds is 4. The van der Waals surface area contributed by atoms with Crippen molar-refractivity contribution in [3.05, 3.63) is 52.1 Å². The van der Waals surface area contributed by atoms with Crippen LogP contribution in [-0.4, -0.2) is 17.5 Å². The highest BCUT2D eigenvalue weighted by atomic mass is 79.9. The van der Waals surface area contributed by atoms with Gasteiger partial charge in [0.2, 0.25) is 5.88 Å². The largest absolute Gasteiger partial charge is 0.478 e. The number of nitrogens with one attached hydrogen (secondary N) is 1. The third kappa shape index (κ3) is 3.57. The monoisotopic (exact) mass is 334 g/mol. The number of hydrogen-bond acceptors (Lipinski definition) is 3. The first-order valence-corrected chi connectivity index (χ1v) is 7.06. The third-order valence-electron chi connectivity index (χ3n) is 2.65. The number of anilines is 1. The lowest BCUT2D eigenvalue weighted by molar-refractivity contribution is 0.102. The summed E-state index contributed by atoms with van der Waals surface area (Å²) in [7, 11) is 0. The lowest BCUT2D eigenvalue weighted by Gasteiger charge is -2.08. The molecule has 0 aliphatic carbocycles. The van der Waals surface area contributed by atoms with Gasteiger partial charge in [-0.3, -0.25) is 4.79 Å². The van der Waals surface area contributed by atoms with E-state index in [9.17, 15) is 4.79 Å². The number of benzene rings is 1. The van der Waals surface area contributed by atoms with Crippen molar-refractivity contribution in [1.29, 1.82) is 0 Å². The number of amides is 1. The molecule has 0 aliphatic heterocycles. The molecular formula is C15H15BrN2O2. The molecule has 0 atom stereocenters. The molecule has 5 heteroatoms. The van der Waals surface area contributed by atoms with E-state index in [-0.39, 0.29) is 5.91 Å². The summed E-state index contributed by atoms with van der Waals surface area (Å²) in [5.74, 6) is 0.369. The van der Waals surface area contributed by atoms with E-state index in [0.717, 1.165) is 10.0 Å². The predicted octanol–water partition coefficient (Wildman–Crippen LogP) is 3.80. The Kier molecular flexibility index (Phi) is 4.74. The molecule has 0 radical (unpaired) electrons. The Morgan fingerprint density at radius 2 is 2.15 bits per heavy atom. The standard InChI is InChI=1S/C15H15BrN2O2/c1-3-20-14-7-5-11(9-17-14)18-15(19)12-8-10(2)4-6-13(12)16/h4-9H,3H2,1-2H3,(H,18,19). The minimum Gasteiger partial charge on any atom is -0.478 e. The average Bonchev–Trinajstić information content (AvgIpc) is 2.44. The minimum absolute atomic E-state index is 0.175. The zero-order valence-corrected chi connectivity index (χ0v) is 12.9. The zero-order chi connectivity index (χ0) is 14.5. The van der Waals surface area contributed by atoms with Crippen molar-refractivity contribution in [2.45, 2.75) is 13.8 Å². The van der Waals surface area contributed by atoms with Gasteiger partial charge in [-0.1, -0.05) is 11.6 Å². The summed E-state index contributed by atoms with van der Waals surface area (Å²) in [6.45, 7) is 4.41. The molecule has 1 heterocycles. The topological polar surface area (TPSA) is 51.2 Å². The summed E-state index contributed by atoms with van der Waals surface area (Å²) >= 11 is 3.38. The first-order valence-electron chi connectivity index (χ1n) is 6.26. The van der Waals surface area contributed by atoms with Crippen LogP contribution in [0.1, 0.15) is 22.8 Å². The first kappa shape index (κ1) is 14.5. The fourth-order valence-electron chi connectivity index (χ4n) is 1.70. The molecule has 0 saturated carbocycles. The molecule has 2 rings (SSSR count). The van der Waals surface area contributed by atoms with Crippen molar-refractivity contribution in [3.8, 4) is 5.88 Å². The van der Waals surface area contributed by atoms with E-state index in [2.05, 4.69) is 26.2 Å². The van der Waals surface area contributed by atoms with Gasteiger partial charge in [0, 0.05) is 10.5 Å². The van der Waals surface area contributed by atoms with E-state index in [1.54, 1.807) is 18.3 Å². The van der Waals surface area contributed by atoms with Crippen LogP contribution in [0.5, 0.6) is 5.88 Å². The fraction of sp³-hybridized carbons (Fsp3) is 0.200. The highest BCUT2D eigenvalue weighted by Gasteiger charge is 2.10. The van der Waals surface area contributed by atoms with Crippen molar-refractivity contribution in [3.63, 3.8) is 0 Å². The van der Waals surface area contributed by atoms with Gasteiger partial charge in [-0.25, -0.2) is 4.98 Å². The smallest absolute Gasteiger partial charge is 0.256 e. The maximum absolute atomic E-state index is 12.2. The van der Waals surface area contributed by atoms with Gasteiger partial charge in [-0.15, -0.1) is 0 Å². The fourth-order valence-corrected chi connectivity index (χ4v) is 2.13. The van der Waals surface area contributed by atoms with Crippen LogP contribution in [-0.2, 0) is 0 Å². The quantitative estimate of drug-likeness (QED) is 0.925. The van der Waals surface area contributed by atoms with Crippen molar-refractivity contribution < 1.29 is 9.53 Å². The molecule has 1 aromatic carbocycles. The SMILES string of the molecule is CCOc1ccc(NC(=O)c2cc(C)ccc2Br)cn1. The highest BCUT2D eigenvalue weighted by molar-refractivity contribution is 9.10. The molecule has 1 aromatic heterocycles. The molecule has 0 fully saturated rings. The normalized spacial score (nSPS) is 10.2. The van der Waals surface area contributed by atoms with Crippen LogP contribution in [0, 0.1) is 6.92 Å². The van der Waals surface area contributed by atoms with E-state index in [1.807, 2.05) is 32.0 Å². The van der Waals surface area contributed by atoms with Crippen LogP contribution in [0.2, 0.25) is 0 Å². The third-order valence-corrected chi connectivity index (χ3v) is 3.34. The van der Waals surface area contributed by atoms with E-state index in [1.165, 1.54) is 0 Å². The second-order valence-electron chi connectivity index (χ2n) is 4.26. The highest BCUT2D eigenvalue weighted by Crippen LogP contribution is 2.20. The van der Waals surface area contributed by atoms with E-state index < -0.39 is 0 Å². The Morgan fingerprint density at radius 1 is 1.35 bits per heavy atom. The Hall–Kier alpha value is -1.88. The molecule has 4 nitrogen and oxygen atoms in total. The van der Waals surface area contributed by atoms with Crippen LogP contribution in [0.4, 0.5) is 5.69 Å². The Balaban J connectivity index is 2.13. The van der Waals surface area contributed by atoms with Crippen molar-refractivity contribution in [1.82, 2.24) is 4.98 Å².